The Morgan fingerprint density at radius 3 is 2.33 bits per heavy atom. The van der Waals surface area contributed by atoms with Gasteiger partial charge in [0.05, 0.1) is 12.0 Å². The van der Waals surface area contributed by atoms with Crippen molar-refractivity contribution in [3.63, 3.8) is 0 Å². The van der Waals surface area contributed by atoms with Crippen molar-refractivity contribution in [3.8, 4) is 5.75 Å². The number of aliphatic hydroxyl groups excluding tert-OH is 2. The van der Waals surface area contributed by atoms with Crippen LogP contribution in [0.4, 0.5) is 5.69 Å². The van der Waals surface area contributed by atoms with E-state index in [9.17, 15) is 5.11 Å². The van der Waals surface area contributed by atoms with Gasteiger partial charge in [-0.05, 0) is 24.3 Å². The van der Waals surface area contributed by atoms with Gasteiger partial charge >= 0.3 is 0 Å². The highest BCUT2D eigenvalue weighted by molar-refractivity contribution is 5.41. The number of nitrogen functional groups attached to an aromatic ring is 1. The Hall–Kier alpha value is -1.26. The van der Waals surface area contributed by atoms with Gasteiger partial charge in [-0.15, -0.1) is 0 Å². The Morgan fingerprint density at radius 1 is 1.33 bits per heavy atom. The monoisotopic (exact) mass is 211 g/mol. The van der Waals surface area contributed by atoms with Crippen molar-refractivity contribution in [1.82, 2.24) is 0 Å². The average Bonchev–Trinajstić information content (AvgIpc) is 2.21. The minimum atomic E-state index is -1.05. The Balaban J connectivity index is 2.66. The van der Waals surface area contributed by atoms with Gasteiger partial charge in [-0.1, -0.05) is 13.8 Å². The van der Waals surface area contributed by atoms with Crippen molar-refractivity contribution in [3.05, 3.63) is 24.3 Å². The molecule has 1 unspecified atom stereocenters. The van der Waals surface area contributed by atoms with E-state index in [1.165, 1.54) is 0 Å². The maximum atomic E-state index is 9.69. The lowest BCUT2D eigenvalue weighted by Crippen LogP contribution is -2.37. The second kappa shape index (κ2) is 4.51. The van der Waals surface area contributed by atoms with Crippen molar-refractivity contribution < 1.29 is 14.9 Å². The summed E-state index contributed by atoms with van der Waals surface area (Å²) < 4.78 is 5.26. The maximum Gasteiger partial charge on any atom is 0.204 e. The van der Waals surface area contributed by atoms with Gasteiger partial charge in [-0.25, -0.2) is 0 Å². The van der Waals surface area contributed by atoms with E-state index in [4.69, 9.17) is 15.6 Å². The van der Waals surface area contributed by atoms with Crippen LogP contribution in [0, 0.1) is 5.41 Å². The Kier molecular flexibility index (Phi) is 3.55. The van der Waals surface area contributed by atoms with E-state index < -0.39 is 11.7 Å². The molecule has 1 atom stereocenters. The molecule has 0 saturated heterocycles. The van der Waals surface area contributed by atoms with Gasteiger partial charge in [0.15, 0.2) is 0 Å². The number of benzene rings is 1. The highest BCUT2D eigenvalue weighted by Gasteiger charge is 2.28. The lowest BCUT2D eigenvalue weighted by atomic mass is 9.94. The van der Waals surface area contributed by atoms with E-state index in [1.54, 1.807) is 38.1 Å². The molecule has 0 aromatic heterocycles. The number of aliphatic hydroxyl groups is 2. The third-order valence-electron chi connectivity index (χ3n) is 2.20. The van der Waals surface area contributed by atoms with Crippen LogP contribution in [0.3, 0.4) is 0 Å². The molecule has 15 heavy (non-hydrogen) atoms. The summed E-state index contributed by atoms with van der Waals surface area (Å²) in [5, 5.41) is 18.7. The zero-order valence-electron chi connectivity index (χ0n) is 8.97. The van der Waals surface area contributed by atoms with Crippen molar-refractivity contribution in [2.75, 3.05) is 12.3 Å². The normalized spacial score (nSPS) is 13.6. The Morgan fingerprint density at radius 2 is 1.87 bits per heavy atom. The fraction of sp³-hybridized carbons (Fsp3) is 0.455. The Bertz CT molecular complexity index is 308. The van der Waals surface area contributed by atoms with Gasteiger partial charge in [-0.2, -0.15) is 0 Å². The highest BCUT2D eigenvalue weighted by atomic mass is 16.6. The van der Waals surface area contributed by atoms with Crippen molar-refractivity contribution in [2.45, 2.75) is 20.1 Å². The molecular formula is C11H17NO3. The smallest absolute Gasteiger partial charge is 0.204 e. The van der Waals surface area contributed by atoms with Gasteiger partial charge in [0.1, 0.15) is 5.75 Å². The molecule has 0 saturated carbocycles. The van der Waals surface area contributed by atoms with E-state index in [2.05, 4.69) is 0 Å². The van der Waals surface area contributed by atoms with Crippen LogP contribution in [0.1, 0.15) is 13.8 Å². The summed E-state index contributed by atoms with van der Waals surface area (Å²) in [6, 6.07) is 6.72. The van der Waals surface area contributed by atoms with Crippen LogP contribution in [-0.2, 0) is 0 Å². The van der Waals surface area contributed by atoms with Gasteiger partial charge < -0.3 is 20.7 Å². The van der Waals surface area contributed by atoms with Crippen LogP contribution >= 0.6 is 0 Å². The minimum Gasteiger partial charge on any atom is -0.464 e. The standard InChI is InChI=1S/C11H17NO3/c1-11(2,7-13)10(14)15-9-5-3-8(12)4-6-9/h3-6,10,13-14H,7,12H2,1-2H3. The third kappa shape index (κ3) is 3.11. The summed E-state index contributed by atoms with van der Waals surface area (Å²) in [6.45, 7) is 3.28. The first kappa shape index (κ1) is 11.8. The second-order valence-electron chi connectivity index (χ2n) is 4.19. The van der Waals surface area contributed by atoms with E-state index in [1.807, 2.05) is 0 Å². The summed E-state index contributed by atoms with van der Waals surface area (Å²) in [7, 11) is 0. The molecular weight excluding hydrogens is 194 g/mol. The molecule has 0 fully saturated rings. The zero-order valence-corrected chi connectivity index (χ0v) is 8.97. The van der Waals surface area contributed by atoms with Crippen LogP contribution in [0.2, 0.25) is 0 Å². The lowest BCUT2D eigenvalue weighted by molar-refractivity contribution is -0.118. The quantitative estimate of drug-likeness (QED) is 0.512. The fourth-order valence-electron chi connectivity index (χ4n) is 0.913. The third-order valence-corrected chi connectivity index (χ3v) is 2.20. The van der Waals surface area contributed by atoms with E-state index in [0.29, 0.717) is 11.4 Å². The lowest BCUT2D eigenvalue weighted by Gasteiger charge is -2.28. The average molecular weight is 211 g/mol. The molecule has 1 aromatic carbocycles. The molecule has 1 aromatic rings. The molecule has 0 aliphatic rings. The number of hydrogen-bond acceptors (Lipinski definition) is 4. The van der Waals surface area contributed by atoms with Gasteiger partial charge in [0.25, 0.3) is 0 Å². The molecule has 0 spiro atoms. The van der Waals surface area contributed by atoms with Gasteiger partial charge in [0, 0.05) is 5.69 Å². The first-order valence-electron chi connectivity index (χ1n) is 4.77. The van der Waals surface area contributed by atoms with Crippen LogP contribution in [-0.4, -0.2) is 23.1 Å². The maximum absolute atomic E-state index is 9.69. The number of rotatable bonds is 4. The zero-order chi connectivity index (χ0) is 11.5. The van der Waals surface area contributed by atoms with Crippen LogP contribution in [0.5, 0.6) is 5.75 Å². The van der Waals surface area contributed by atoms with Crippen LogP contribution < -0.4 is 10.5 Å². The molecule has 1 rings (SSSR count). The number of nitrogens with two attached hydrogens (primary N) is 1. The predicted octanol–water partition coefficient (Wildman–Crippen LogP) is 0.984. The molecule has 0 aliphatic carbocycles. The summed E-state index contributed by atoms with van der Waals surface area (Å²) in [5.74, 6) is 0.526. The molecule has 0 radical (unpaired) electrons. The van der Waals surface area contributed by atoms with Crippen molar-refractivity contribution >= 4 is 5.69 Å². The van der Waals surface area contributed by atoms with Crippen molar-refractivity contribution in [2.24, 2.45) is 5.41 Å². The van der Waals surface area contributed by atoms with Gasteiger partial charge in [0.2, 0.25) is 6.29 Å². The molecule has 0 heterocycles. The molecule has 4 nitrogen and oxygen atoms in total. The first-order chi connectivity index (χ1) is 6.95. The predicted molar refractivity (Wildman–Crippen MR) is 58.4 cm³/mol. The number of anilines is 1. The molecule has 84 valence electrons. The molecule has 0 bridgehead atoms. The molecule has 4 heteroatoms. The van der Waals surface area contributed by atoms with E-state index in [-0.39, 0.29) is 6.61 Å². The summed E-state index contributed by atoms with van der Waals surface area (Å²) in [5.41, 5.74) is 5.46. The Labute approximate surface area is 89.3 Å². The summed E-state index contributed by atoms with van der Waals surface area (Å²) in [4.78, 5) is 0. The highest BCUT2D eigenvalue weighted by Crippen LogP contribution is 2.23. The molecule has 0 amide bonds. The van der Waals surface area contributed by atoms with E-state index >= 15 is 0 Å². The first-order valence-corrected chi connectivity index (χ1v) is 4.77. The molecule has 0 aliphatic heterocycles. The summed E-state index contributed by atoms with van der Waals surface area (Å²) >= 11 is 0. The van der Waals surface area contributed by atoms with Gasteiger partial charge in [-0.3, -0.25) is 0 Å². The molecule has 4 N–H and O–H groups in total. The number of ether oxygens (including phenoxy) is 1. The van der Waals surface area contributed by atoms with Crippen molar-refractivity contribution in [1.29, 1.82) is 0 Å². The SMILES string of the molecule is CC(C)(CO)C(O)Oc1ccc(N)cc1. The second-order valence-corrected chi connectivity index (χ2v) is 4.19. The minimum absolute atomic E-state index is 0.150. The number of hydrogen-bond donors (Lipinski definition) is 3. The van der Waals surface area contributed by atoms with E-state index in [0.717, 1.165) is 0 Å². The van der Waals surface area contributed by atoms with Crippen LogP contribution in [0.15, 0.2) is 24.3 Å². The largest absolute Gasteiger partial charge is 0.464 e. The topological polar surface area (TPSA) is 75.7 Å². The fourth-order valence-corrected chi connectivity index (χ4v) is 0.913. The van der Waals surface area contributed by atoms with Crippen LogP contribution in [0.25, 0.3) is 0 Å². The summed E-state index contributed by atoms with van der Waals surface area (Å²) in [6.07, 6.45) is -1.05.